The molecule has 0 aliphatic carbocycles. The first-order chi connectivity index (χ1) is 9.70. The lowest BCUT2D eigenvalue weighted by atomic mass is 10.1. The smallest absolute Gasteiger partial charge is 0.122 e. The molecule has 0 aliphatic heterocycles. The van der Waals surface area contributed by atoms with E-state index in [9.17, 15) is 5.11 Å². The van der Waals surface area contributed by atoms with Crippen molar-refractivity contribution in [2.24, 2.45) is 0 Å². The molecule has 0 aliphatic rings. The van der Waals surface area contributed by atoms with Crippen molar-refractivity contribution in [2.45, 2.75) is 26.5 Å². The van der Waals surface area contributed by atoms with E-state index in [4.69, 9.17) is 5.11 Å². The summed E-state index contributed by atoms with van der Waals surface area (Å²) in [6.45, 7) is 3.51. The second-order valence-electron chi connectivity index (χ2n) is 4.98. The molecule has 2 aromatic rings. The standard InChI is InChI=1S/C17H21NO2/c1-13-3-2-4-16(17(13)20)11-18-10-9-14-5-7-15(12-19)8-6-14/h2-8,18-20H,9-12H2,1H3. The van der Waals surface area contributed by atoms with Crippen molar-refractivity contribution >= 4 is 0 Å². The third kappa shape index (κ3) is 3.83. The van der Waals surface area contributed by atoms with Crippen LogP contribution in [0.25, 0.3) is 0 Å². The topological polar surface area (TPSA) is 52.5 Å². The van der Waals surface area contributed by atoms with E-state index in [1.165, 1.54) is 5.56 Å². The zero-order valence-electron chi connectivity index (χ0n) is 11.8. The molecule has 3 nitrogen and oxygen atoms in total. The van der Waals surface area contributed by atoms with Crippen molar-refractivity contribution in [2.75, 3.05) is 6.54 Å². The molecule has 0 unspecified atom stereocenters. The van der Waals surface area contributed by atoms with Crippen LogP contribution in [0, 0.1) is 6.92 Å². The molecule has 0 heterocycles. The van der Waals surface area contributed by atoms with Crippen LogP contribution in [0.5, 0.6) is 5.75 Å². The minimum Gasteiger partial charge on any atom is -0.507 e. The summed E-state index contributed by atoms with van der Waals surface area (Å²) >= 11 is 0. The molecule has 0 bridgehead atoms. The Kier molecular flexibility index (Phi) is 5.16. The Morgan fingerprint density at radius 3 is 2.40 bits per heavy atom. The molecule has 106 valence electrons. The van der Waals surface area contributed by atoms with Crippen LogP contribution in [-0.4, -0.2) is 16.8 Å². The summed E-state index contributed by atoms with van der Waals surface area (Å²) in [6.07, 6.45) is 0.929. The molecule has 0 saturated heterocycles. The van der Waals surface area contributed by atoms with E-state index in [0.717, 1.165) is 29.7 Å². The van der Waals surface area contributed by atoms with Crippen LogP contribution < -0.4 is 5.32 Å². The number of benzene rings is 2. The molecule has 0 atom stereocenters. The highest BCUT2D eigenvalue weighted by atomic mass is 16.3. The Labute approximate surface area is 119 Å². The van der Waals surface area contributed by atoms with Crippen LogP contribution in [0.3, 0.4) is 0 Å². The Bertz CT molecular complexity index is 549. The number of nitrogens with one attached hydrogen (secondary N) is 1. The highest BCUT2D eigenvalue weighted by molar-refractivity contribution is 5.39. The number of para-hydroxylation sites is 1. The molecule has 3 heteroatoms. The first kappa shape index (κ1) is 14.6. The van der Waals surface area contributed by atoms with Gasteiger partial charge in [-0.2, -0.15) is 0 Å². The fourth-order valence-electron chi connectivity index (χ4n) is 2.13. The van der Waals surface area contributed by atoms with E-state index >= 15 is 0 Å². The number of aliphatic hydroxyl groups excluding tert-OH is 1. The van der Waals surface area contributed by atoms with Crippen LogP contribution in [0.1, 0.15) is 22.3 Å². The molecule has 0 fully saturated rings. The van der Waals surface area contributed by atoms with Gasteiger partial charge in [-0.05, 0) is 36.6 Å². The maximum absolute atomic E-state index is 9.91. The second-order valence-corrected chi connectivity index (χ2v) is 4.98. The van der Waals surface area contributed by atoms with Crippen molar-refractivity contribution in [3.05, 3.63) is 64.7 Å². The Morgan fingerprint density at radius 1 is 1.00 bits per heavy atom. The summed E-state index contributed by atoms with van der Waals surface area (Å²) in [5, 5.41) is 22.2. The molecule has 0 spiro atoms. The largest absolute Gasteiger partial charge is 0.507 e. The Balaban J connectivity index is 1.80. The average molecular weight is 271 g/mol. The van der Waals surface area contributed by atoms with Gasteiger partial charge in [0.05, 0.1) is 6.61 Å². The van der Waals surface area contributed by atoms with Crippen LogP contribution in [0.2, 0.25) is 0 Å². The zero-order chi connectivity index (χ0) is 14.4. The lowest BCUT2D eigenvalue weighted by Gasteiger charge is -2.09. The first-order valence-electron chi connectivity index (χ1n) is 6.87. The summed E-state index contributed by atoms with van der Waals surface area (Å²) < 4.78 is 0. The third-order valence-corrected chi connectivity index (χ3v) is 3.43. The lowest BCUT2D eigenvalue weighted by Crippen LogP contribution is -2.16. The van der Waals surface area contributed by atoms with E-state index < -0.39 is 0 Å². The van der Waals surface area contributed by atoms with Gasteiger partial charge >= 0.3 is 0 Å². The third-order valence-electron chi connectivity index (χ3n) is 3.43. The van der Waals surface area contributed by atoms with E-state index in [-0.39, 0.29) is 6.61 Å². The average Bonchev–Trinajstić information content (AvgIpc) is 2.48. The minimum atomic E-state index is 0.0885. The summed E-state index contributed by atoms with van der Waals surface area (Å²) in [6, 6.07) is 13.8. The first-order valence-corrected chi connectivity index (χ1v) is 6.87. The molecule has 3 N–H and O–H groups in total. The van der Waals surface area contributed by atoms with Crippen LogP contribution in [-0.2, 0) is 19.6 Å². The molecule has 0 aromatic heterocycles. The van der Waals surface area contributed by atoms with Gasteiger partial charge in [0, 0.05) is 12.1 Å². The molecule has 2 rings (SSSR count). The highest BCUT2D eigenvalue weighted by Gasteiger charge is 2.02. The van der Waals surface area contributed by atoms with Crippen LogP contribution in [0.15, 0.2) is 42.5 Å². The van der Waals surface area contributed by atoms with E-state index in [2.05, 4.69) is 5.32 Å². The fraction of sp³-hybridized carbons (Fsp3) is 0.294. The van der Waals surface area contributed by atoms with Crippen molar-refractivity contribution in [1.82, 2.24) is 5.32 Å². The fourth-order valence-corrected chi connectivity index (χ4v) is 2.13. The normalized spacial score (nSPS) is 10.7. The second kappa shape index (κ2) is 7.08. The summed E-state index contributed by atoms with van der Waals surface area (Å²) in [4.78, 5) is 0. The van der Waals surface area contributed by atoms with Crippen molar-refractivity contribution < 1.29 is 10.2 Å². The molecule has 2 aromatic carbocycles. The number of phenols is 1. The monoisotopic (exact) mass is 271 g/mol. The number of aliphatic hydroxyl groups is 1. The van der Waals surface area contributed by atoms with Gasteiger partial charge in [0.15, 0.2) is 0 Å². The number of hydrogen-bond donors (Lipinski definition) is 3. The summed E-state index contributed by atoms with van der Waals surface area (Å²) in [5.74, 6) is 0.382. The van der Waals surface area contributed by atoms with Crippen molar-refractivity contribution in [3.8, 4) is 5.75 Å². The number of rotatable bonds is 6. The highest BCUT2D eigenvalue weighted by Crippen LogP contribution is 2.20. The Morgan fingerprint density at radius 2 is 1.70 bits per heavy atom. The van der Waals surface area contributed by atoms with E-state index in [0.29, 0.717) is 12.3 Å². The van der Waals surface area contributed by atoms with Crippen molar-refractivity contribution in [1.29, 1.82) is 0 Å². The predicted molar refractivity (Wildman–Crippen MR) is 80.6 cm³/mol. The van der Waals surface area contributed by atoms with Gasteiger partial charge in [-0.1, -0.05) is 42.5 Å². The van der Waals surface area contributed by atoms with Gasteiger partial charge < -0.3 is 15.5 Å². The van der Waals surface area contributed by atoms with E-state index in [1.54, 1.807) is 0 Å². The molecule has 0 radical (unpaired) electrons. The maximum Gasteiger partial charge on any atom is 0.122 e. The van der Waals surface area contributed by atoms with Crippen molar-refractivity contribution in [3.63, 3.8) is 0 Å². The SMILES string of the molecule is Cc1cccc(CNCCc2ccc(CO)cc2)c1O. The van der Waals surface area contributed by atoms with Gasteiger partial charge in [-0.15, -0.1) is 0 Å². The van der Waals surface area contributed by atoms with Gasteiger partial charge in [0.2, 0.25) is 0 Å². The predicted octanol–water partition coefficient (Wildman–Crippen LogP) is 2.53. The lowest BCUT2D eigenvalue weighted by molar-refractivity contribution is 0.282. The Hall–Kier alpha value is -1.84. The molecule has 0 saturated carbocycles. The number of phenolic OH excluding ortho intramolecular Hbond substituents is 1. The van der Waals surface area contributed by atoms with Gasteiger partial charge in [-0.25, -0.2) is 0 Å². The van der Waals surface area contributed by atoms with Gasteiger partial charge in [0.1, 0.15) is 5.75 Å². The molecular formula is C17H21NO2. The molecule has 0 amide bonds. The molecule has 20 heavy (non-hydrogen) atoms. The number of aromatic hydroxyl groups is 1. The number of hydrogen-bond acceptors (Lipinski definition) is 3. The maximum atomic E-state index is 9.91. The summed E-state index contributed by atoms with van der Waals surface area (Å²) in [5.41, 5.74) is 4.01. The van der Waals surface area contributed by atoms with Crippen LogP contribution >= 0.6 is 0 Å². The minimum absolute atomic E-state index is 0.0885. The van der Waals surface area contributed by atoms with E-state index in [1.807, 2.05) is 49.4 Å². The van der Waals surface area contributed by atoms with Crippen LogP contribution in [0.4, 0.5) is 0 Å². The van der Waals surface area contributed by atoms with Gasteiger partial charge in [-0.3, -0.25) is 0 Å². The zero-order valence-corrected chi connectivity index (χ0v) is 11.8. The number of aryl methyl sites for hydroxylation is 1. The summed E-state index contributed by atoms with van der Waals surface area (Å²) in [7, 11) is 0. The van der Waals surface area contributed by atoms with Gasteiger partial charge in [0.25, 0.3) is 0 Å². The quantitative estimate of drug-likeness (QED) is 0.708. The molecular weight excluding hydrogens is 250 g/mol.